The van der Waals surface area contributed by atoms with E-state index in [1.807, 2.05) is 13.0 Å². The number of carbonyl (C=O) groups is 2. The van der Waals surface area contributed by atoms with Crippen molar-refractivity contribution >= 4 is 29.2 Å². The second-order valence-electron chi connectivity index (χ2n) is 5.46. The number of amides is 1. The molecule has 1 atom stereocenters. The molecule has 2 aromatic carbocycles. The van der Waals surface area contributed by atoms with Gasteiger partial charge >= 0.3 is 5.97 Å². The first-order chi connectivity index (χ1) is 11.4. The smallest absolute Gasteiger partial charge is 0.340 e. The van der Waals surface area contributed by atoms with Gasteiger partial charge in [-0.1, -0.05) is 35.9 Å². The van der Waals surface area contributed by atoms with Gasteiger partial charge in [-0.15, -0.1) is 0 Å². The zero-order valence-corrected chi connectivity index (χ0v) is 14.3. The number of nitrogens with one attached hydrogen (secondary N) is 1. The van der Waals surface area contributed by atoms with Crippen LogP contribution in [0.15, 0.2) is 42.5 Å². The van der Waals surface area contributed by atoms with Crippen molar-refractivity contribution in [3.05, 3.63) is 64.2 Å². The summed E-state index contributed by atoms with van der Waals surface area (Å²) in [5, 5.41) is 3.34. The van der Waals surface area contributed by atoms with Crippen molar-refractivity contribution in [2.24, 2.45) is 0 Å². The highest BCUT2D eigenvalue weighted by Gasteiger charge is 2.15. The van der Waals surface area contributed by atoms with Crippen molar-refractivity contribution in [3.63, 3.8) is 0 Å². The van der Waals surface area contributed by atoms with Gasteiger partial charge in [0, 0.05) is 10.7 Å². The number of halogens is 1. The van der Waals surface area contributed by atoms with Crippen LogP contribution in [0, 0.1) is 6.92 Å². The Morgan fingerprint density at radius 1 is 1.25 bits per heavy atom. The number of anilines is 1. The van der Waals surface area contributed by atoms with Crippen LogP contribution >= 0.6 is 11.6 Å². The molecule has 0 saturated carbocycles. The van der Waals surface area contributed by atoms with Crippen LogP contribution in [0.25, 0.3) is 0 Å². The van der Waals surface area contributed by atoms with Gasteiger partial charge in [0.1, 0.15) is 0 Å². The van der Waals surface area contributed by atoms with Crippen LogP contribution in [-0.2, 0) is 9.53 Å². The Labute approximate surface area is 145 Å². The first kappa shape index (κ1) is 17.8. The first-order valence-electron chi connectivity index (χ1n) is 7.45. The second kappa shape index (κ2) is 7.84. The second-order valence-corrected chi connectivity index (χ2v) is 5.89. The molecule has 2 aromatic rings. The summed E-state index contributed by atoms with van der Waals surface area (Å²) in [4.78, 5) is 24.0. The van der Waals surface area contributed by atoms with Crippen LogP contribution in [-0.4, -0.2) is 18.5 Å². The number of ether oxygens (including phenoxy) is 1. The molecule has 0 saturated heterocycles. The van der Waals surface area contributed by atoms with E-state index in [2.05, 4.69) is 5.32 Å². The Morgan fingerprint density at radius 3 is 2.67 bits per heavy atom. The molecule has 1 amide bonds. The Balaban J connectivity index is 1.91. The highest BCUT2D eigenvalue weighted by Crippen LogP contribution is 2.18. The lowest BCUT2D eigenvalue weighted by Crippen LogP contribution is -2.31. The summed E-state index contributed by atoms with van der Waals surface area (Å²) in [6.07, 6.45) is 0. The van der Waals surface area contributed by atoms with E-state index >= 15 is 0 Å². The number of benzene rings is 2. The van der Waals surface area contributed by atoms with Gasteiger partial charge in [0.2, 0.25) is 0 Å². The molecule has 24 heavy (non-hydrogen) atoms. The summed E-state index contributed by atoms with van der Waals surface area (Å²) in [5.41, 5.74) is 8.11. The number of nitrogens with two attached hydrogens (primary N) is 1. The molecule has 3 N–H and O–H groups in total. The van der Waals surface area contributed by atoms with Crippen molar-refractivity contribution in [1.29, 1.82) is 0 Å². The minimum Gasteiger partial charge on any atom is -0.452 e. The summed E-state index contributed by atoms with van der Waals surface area (Å²) in [5.74, 6) is -1.02. The fraction of sp³-hybridized carbons (Fsp3) is 0.222. The van der Waals surface area contributed by atoms with Crippen molar-refractivity contribution < 1.29 is 14.3 Å². The van der Waals surface area contributed by atoms with Gasteiger partial charge in [0.15, 0.2) is 6.61 Å². The van der Waals surface area contributed by atoms with Gasteiger partial charge in [0.05, 0.1) is 11.6 Å². The molecule has 0 spiro atoms. The minimum atomic E-state index is -0.623. The number of nitrogen functional groups attached to an aromatic ring is 1. The molecule has 0 radical (unpaired) electrons. The lowest BCUT2D eigenvalue weighted by molar-refractivity contribution is -0.124. The number of carbonyl (C=O) groups excluding carboxylic acids is 2. The molecule has 0 aliphatic rings. The van der Waals surface area contributed by atoms with E-state index in [1.54, 1.807) is 43.3 Å². The molecule has 6 heteroatoms. The fourth-order valence-electron chi connectivity index (χ4n) is 2.21. The van der Waals surface area contributed by atoms with E-state index < -0.39 is 11.9 Å². The average Bonchev–Trinajstić information content (AvgIpc) is 2.55. The summed E-state index contributed by atoms with van der Waals surface area (Å²) in [6, 6.07) is 12.0. The van der Waals surface area contributed by atoms with E-state index in [0.29, 0.717) is 10.7 Å². The van der Waals surface area contributed by atoms with Gasteiger partial charge in [-0.2, -0.15) is 0 Å². The molecule has 0 aromatic heterocycles. The standard InChI is InChI=1S/C18H19ClN2O3/c1-11-5-3-8-15(17(11)20)18(23)24-10-16(22)21-12(2)13-6-4-7-14(19)9-13/h3-9,12H,10,20H2,1-2H3,(H,21,22)/t12-/m1/s1. The molecule has 5 nitrogen and oxygen atoms in total. The predicted octanol–water partition coefficient (Wildman–Crippen LogP) is 3.26. The molecular weight excluding hydrogens is 328 g/mol. The van der Waals surface area contributed by atoms with Crippen LogP contribution in [0.5, 0.6) is 0 Å². The normalized spacial score (nSPS) is 11.6. The topological polar surface area (TPSA) is 81.4 Å². The molecule has 0 unspecified atom stereocenters. The largest absolute Gasteiger partial charge is 0.452 e. The number of hydrogen-bond acceptors (Lipinski definition) is 4. The van der Waals surface area contributed by atoms with Gasteiger partial charge in [-0.05, 0) is 43.2 Å². The van der Waals surface area contributed by atoms with Crippen LogP contribution in [0.1, 0.15) is 34.5 Å². The van der Waals surface area contributed by atoms with Crippen LogP contribution in [0.3, 0.4) is 0 Å². The summed E-state index contributed by atoms with van der Waals surface area (Å²) in [7, 11) is 0. The van der Waals surface area contributed by atoms with Gasteiger partial charge < -0.3 is 15.8 Å². The molecule has 0 fully saturated rings. The summed E-state index contributed by atoms with van der Waals surface area (Å²) < 4.78 is 5.03. The molecule has 126 valence electrons. The van der Waals surface area contributed by atoms with Gasteiger partial charge in [-0.3, -0.25) is 4.79 Å². The zero-order valence-electron chi connectivity index (χ0n) is 13.5. The van der Waals surface area contributed by atoms with Gasteiger partial charge in [0.25, 0.3) is 5.91 Å². The maximum Gasteiger partial charge on any atom is 0.340 e. The molecule has 0 heterocycles. The van der Waals surface area contributed by atoms with Gasteiger partial charge in [-0.25, -0.2) is 4.79 Å². The van der Waals surface area contributed by atoms with Crippen LogP contribution in [0.4, 0.5) is 5.69 Å². The van der Waals surface area contributed by atoms with Crippen molar-refractivity contribution in [1.82, 2.24) is 5.32 Å². The highest BCUT2D eigenvalue weighted by atomic mass is 35.5. The predicted molar refractivity (Wildman–Crippen MR) is 93.9 cm³/mol. The number of aryl methyl sites for hydroxylation is 1. The minimum absolute atomic E-state index is 0.251. The third-order valence-corrected chi connectivity index (χ3v) is 3.84. The Bertz CT molecular complexity index is 762. The van der Waals surface area contributed by atoms with Crippen molar-refractivity contribution in [2.75, 3.05) is 12.3 Å². The summed E-state index contributed by atoms with van der Waals surface area (Å²) >= 11 is 5.93. The van der Waals surface area contributed by atoms with E-state index in [1.165, 1.54) is 0 Å². The third kappa shape index (κ3) is 4.49. The molecule has 0 bridgehead atoms. The fourth-order valence-corrected chi connectivity index (χ4v) is 2.41. The number of esters is 1. The highest BCUT2D eigenvalue weighted by molar-refractivity contribution is 6.30. The van der Waals surface area contributed by atoms with Crippen molar-refractivity contribution in [2.45, 2.75) is 19.9 Å². The zero-order chi connectivity index (χ0) is 17.7. The van der Waals surface area contributed by atoms with E-state index in [-0.39, 0.29) is 18.2 Å². The maximum absolute atomic E-state index is 12.0. The average molecular weight is 347 g/mol. The van der Waals surface area contributed by atoms with Crippen molar-refractivity contribution in [3.8, 4) is 0 Å². The quantitative estimate of drug-likeness (QED) is 0.643. The number of rotatable bonds is 5. The van der Waals surface area contributed by atoms with Crippen LogP contribution in [0.2, 0.25) is 5.02 Å². The summed E-state index contributed by atoms with van der Waals surface area (Å²) in [6.45, 7) is 3.24. The lowest BCUT2D eigenvalue weighted by atomic mass is 10.1. The first-order valence-corrected chi connectivity index (χ1v) is 7.83. The van der Waals surface area contributed by atoms with E-state index in [0.717, 1.165) is 11.1 Å². The SMILES string of the molecule is Cc1cccc(C(=O)OCC(=O)N[C@H](C)c2cccc(Cl)c2)c1N. The molecule has 0 aliphatic heterocycles. The Kier molecular flexibility index (Phi) is 5.82. The molecule has 2 rings (SSSR count). The van der Waals surface area contributed by atoms with E-state index in [9.17, 15) is 9.59 Å². The van der Waals surface area contributed by atoms with Crippen LogP contribution < -0.4 is 11.1 Å². The molecule has 0 aliphatic carbocycles. The molecular formula is C18H19ClN2O3. The Morgan fingerprint density at radius 2 is 1.96 bits per heavy atom. The van der Waals surface area contributed by atoms with E-state index in [4.69, 9.17) is 22.1 Å². The number of para-hydroxylation sites is 1. The Hall–Kier alpha value is -2.53. The lowest BCUT2D eigenvalue weighted by Gasteiger charge is -2.15. The monoisotopic (exact) mass is 346 g/mol. The maximum atomic E-state index is 12.0. The number of hydrogen-bond donors (Lipinski definition) is 2. The third-order valence-electron chi connectivity index (χ3n) is 3.60.